The molecule has 0 radical (unpaired) electrons. The summed E-state index contributed by atoms with van der Waals surface area (Å²) in [7, 11) is 0. The molecule has 1 aromatic heterocycles. The van der Waals surface area contributed by atoms with Gasteiger partial charge < -0.3 is 9.47 Å². The first-order valence-corrected chi connectivity index (χ1v) is 6.01. The van der Waals surface area contributed by atoms with E-state index in [9.17, 15) is 23.3 Å². The zero-order valence-corrected chi connectivity index (χ0v) is 11.3. The first-order chi connectivity index (χ1) is 10.3. The van der Waals surface area contributed by atoms with E-state index in [1.165, 1.54) is 13.8 Å². The molecular weight excluding hydrogens is 307 g/mol. The van der Waals surface area contributed by atoms with E-state index >= 15 is 0 Å². The predicted molar refractivity (Wildman–Crippen MR) is 65.7 cm³/mol. The van der Waals surface area contributed by atoms with E-state index in [1.807, 2.05) is 0 Å². The number of ether oxygens (including phenoxy) is 2. The van der Waals surface area contributed by atoms with Gasteiger partial charge in [0.2, 0.25) is 24.2 Å². The average Bonchev–Trinajstić information content (AvgIpc) is 2.58. The topological polar surface area (TPSA) is 79.4 Å². The largest absolute Gasteiger partial charge is 0.452 e. The molecule has 7 nitrogen and oxygen atoms in total. The fourth-order valence-electron chi connectivity index (χ4n) is 2.32. The highest BCUT2D eigenvalue weighted by Gasteiger charge is 2.34. The van der Waals surface area contributed by atoms with Gasteiger partial charge in [0.15, 0.2) is 17.3 Å². The molecule has 22 heavy (non-hydrogen) atoms. The Kier molecular flexibility index (Phi) is 2.97. The van der Waals surface area contributed by atoms with E-state index in [1.54, 1.807) is 0 Å². The summed E-state index contributed by atoms with van der Waals surface area (Å²) >= 11 is 0. The Labute approximate surface area is 121 Å². The number of fused-ring (bicyclic) bond motifs is 4. The van der Waals surface area contributed by atoms with Crippen molar-refractivity contribution in [3.05, 3.63) is 39.0 Å². The highest BCUT2D eigenvalue weighted by molar-refractivity contribution is 5.57. The van der Waals surface area contributed by atoms with Gasteiger partial charge in [0.1, 0.15) is 11.4 Å². The van der Waals surface area contributed by atoms with Crippen LogP contribution in [0.3, 0.4) is 0 Å². The summed E-state index contributed by atoms with van der Waals surface area (Å²) in [6, 6.07) is 0. The van der Waals surface area contributed by atoms with Gasteiger partial charge in [-0.15, -0.1) is 0 Å². The number of nitro groups is 1. The quantitative estimate of drug-likeness (QED) is 0.483. The maximum atomic E-state index is 14.4. The summed E-state index contributed by atoms with van der Waals surface area (Å²) in [6.45, 7) is 2.06. The summed E-state index contributed by atoms with van der Waals surface area (Å²) < 4.78 is 52.2. The molecular formula is C12H8F3N3O4. The van der Waals surface area contributed by atoms with Crippen molar-refractivity contribution in [2.24, 2.45) is 0 Å². The maximum absolute atomic E-state index is 14.4. The molecule has 0 spiro atoms. The second kappa shape index (κ2) is 4.61. The van der Waals surface area contributed by atoms with Crippen LogP contribution in [0.1, 0.15) is 11.4 Å². The van der Waals surface area contributed by atoms with Crippen LogP contribution in [0.25, 0.3) is 5.69 Å². The van der Waals surface area contributed by atoms with E-state index in [4.69, 9.17) is 4.74 Å². The number of aromatic nitrogens is 2. The molecule has 0 amide bonds. The second-order valence-electron chi connectivity index (χ2n) is 4.54. The molecule has 0 unspecified atom stereocenters. The van der Waals surface area contributed by atoms with Crippen LogP contribution in [-0.2, 0) is 0 Å². The van der Waals surface area contributed by atoms with Crippen molar-refractivity contribution in [1.82, 2.24) is 9.78 Å². The number of hydrogen-bond acceptors (Lipinski definition) is 5. The fraction of sp³-hybridized carbons (Fsp3) is 0.250. The predicted octanol–water partition coefficient (Wildman–Crippen LogP) is 2.54. The van der Waals surface area contributed by atoms with Crippen molar-refractivity contribution >= 4 is 5.69 Å². The number of hydrogen-bond donors (Lipinski definition) is 0. The molecule has 0 fully saturated rings. The highest BCUT2D eigenvalue weighted by Crippen LogP contribution is 2.41. The average molecular weight is 315 g/mol. The summed E-state index contributed by atoms with van der Waals surface area (Å²) in [4.78, 5) is 10.3. The van der Waals surface area contributed by atoms with Crippen molar-refractivity contribution in [3.8, 4) is 17.2 Å². The van der Waals surface area contributed by atoms with Crippen molar-refractivity contribution in [2.75, 3.05) is 6.79 Å². The zero-order valence-electron chi connectivity index (χ0n) is 11.3. The zero-order chi connectivity index (χ0) is 16.2. The minimum Gasteiger partial charge on any atom is -0.452 e. The molecule has 2 aliphatic heterocycles. The van der Waals surface area contributed by atoms with Crippen LogP contribution >= 0.6 is 0 Å². The van der Waals surface area contributed by atoms with Gasteiger partial charge >= 0.3 is 5.69 Å². The summed E-state index contributed by atoms with van der Waals surface area (Å²) in [5.41, 5.74) is -0.971. The lowest BCUT2D eigenvalue weighted by Gasteiger charge is -2.10. The lowest BCUT2D eigenvalue weighted by Crippen LogP contribution is -2.07. The number of nitrogens with zero attached hydrogens (tertiary/aromatic N) is 3. The van der Waals surface area contributed by atoms with E-state index < -0.39 is 46.4 Å². The molecule has 0 N–H and O–H groups in total. The lowest BCUT2D eigenvalue weighted by molar-refractivity contribution is -0.386. The fourth-order valence-corrected chi connectivity index (χ4v) is 2.32. The van der Waals surface area contributed by atoms with Crippen LogP contribution in [0.2, 0.25) is 0 Å². The van der Waals surface area contributed by atoms with Crippen molar-refractivity contribution in [2.45, 2.75) is 13.8 Å². The van der Waals surface area contributed by atoms with Crippen LogP contribution in [0.15, 0.2) is 0 Å². The molecule has 0 atom stereocenters. The summed E-state index contributed by atoms with van der Waals surface area (Å²) in [5.74, 6) is -5.92. The van der Waals surface area contributed by atoms with Gasteiger partial charge in [-0.3, -0.25) is 10.1 Å². The Morgan fingerprint density at radius 2 is 1.73 bits per heavy atom. The molecule has 4 rings (SSSR count). The standard InChI is InChI=1S/C12H8F3N3O4/c1-4-9(18(19)20)5(2)17(16-4)10-8(15)11-6(13)7(14)12(10)22-3-21-11/h3H2,1-2H3. The lowest BCUT2D eigenvalue weighted by atomic mass is 10.2. The number of benzene rings is 1. The van der Waals surface area contributed by atoms with E-state index in [0.29, 0.717) is 0 Å². The van der Waals surface area contributed by atoms with Gasteiger partial charge in [-0.1, -0.05) is 0 Å². The second-order valence-corrected chi connectivity index (χ2v) is 4.54. The Balaban J connectivity index is 2.37. The highest BCUT2D eigenvalue weighted by atomic mass is 19.2. The summed E-state index contributed by atoms with van der Waals surface area (Å²) in [6.07, 6.45) is 0. The van der Waals surface area contributed by atoms with Gasteiger partial charge in [0.05, 0.1) is 4.92 Å². The third-order valence-corrected chi connectivity index (χ3v) is 3.27. The molecule has 0 saturated carbocycles. The normalized spacial score (nSPS) is 12.8. The van der Waals surface area contributed by atoms with Gasteiger partial charge in [-0.2, -0.15) is 13.9 Å². The van der Waals surface area contributed by atoms with Crippen LogP contribution in [-0.4, -0.2) is 21.5 Å². The first kappa shape index (κ1) is 14.2. The van der Waals surface area contributed by atoms with E-state index in [-0.39, 0.29) is 17.1 Å². The Morgan fingerprint density at radius 1 is 1.14 bits per heavy atom. The van der Waals surface area contributed by atoms with Crippen LogP contribution in [0.5, 0.6) is 11.5 Å². The van der Waals surface area contributed by atoms with E-state index in [0.717, 1.165) is 4.68 Å². The van der Waals surface area contributed by atoms with Crippen LogP contribution in [0, 0.1) is 41.4 Å². The molecule has 10 heteroatoms. The molecule has 0 aliphatic carbocycles. The minimum absolute atomic E-state index is 0.000650. The smallest absolute Gasteiger partial charge is 0.313 e. The number of halogens is 3. The number of aryl methyl sites for hydroxylation is 1. The third kappa shape index (κ3) is 1.73. The van der Waals surface area contributed by atoms with Gasteiger partial charge in [-0.05, 0) is 13.8 Å². The van der Waals surface area contributed by atoms with Crippen molar-refractivity contribution in [1.29, 1.82) is 0 Å². The molecule has 2 aliphatic rings. The van der Waals surface area contributed by atoms with Crippen LogP contribution < -0.4 is 9.47 Å². The molecule has 0 saturated heterocycles. The van der Waals surface area contributed by atoms with Gasteiger partial charge in [0.25, 0.3) is 0 Å². The van der Waals surface area contributed by atoms with Crippen LogP contribution in [0.4, 0.5) is 18.9 Å². The third-order valence-electron chi connectivity index (χ3n) is 3.27. The Hall–Kier alpha value is -2.78. The van der Waals surface area contributed by atoms with E-state index in [2.05, 4.69) is 9.84 Å². The first-order valence-electron chi connectivity index (χ1n) is 6.01. The molecule has 1 aromatic carbocycles. The van der Waals surface area contributed by atoms with Crippen molar-refractivity contribution < 1.29 is 27.6 Å². The number of rotatable bonds is 2. The molecule has 2 aromatic rings. The Bertz CT molecular complexity index is 819. The monoisotopic (exact) mass is 315 g/mol. The molecule has 3 heterocycles. The molecule has 2 bridgehead atoms. The minimum atomic E-state index is -1.52. The molecule has 116 valence electrons. The Morgan fingerprint density at radius 3 is 2.32 bits per heavy atom. The maximum Gasteiger partial charge on any atom is 0.313 e. The summed E-state index contributed by atoms with van der Waals surface area (Å²) in [5, 5.41) is 14.8. The van der Waals surface area contributed by atoms with Crippen molar-refractivity contribution in [3.63, 3.8) is 0 Å². The van der Waals surface area contributed by atoms with Gasteiger partial charge in [-0.25, -0.2) is 9.07 Å². The SMILES string of the molecule is Cc1nn(-c2c(F)c3c(F)c(F)c2OCO3)c(C)c1[N+](=O)[O-]. The van der Waals surface area contributed by atoms with Gasteiger partial charge in [0, 0.05) is 0 Å².